The fourth-order valence-electron chi connectivity index (χ4n) is 4.80. The summed E-state index contributed by atoms with van der Waals surface area (Å²) in [7, 11) is 0. The summed E-state index contributed by atoms with van der Waals surface area (Å²) in [5.74, 6) is 0.256. The topological polar surface area (TPSA) is 60.7 Å². The van der Waals surface area contributed by atoms with E-state index in [1.807, 2.05) is 24.3 Å². The fourth-order valence-corrected chi connectivity index (χ4v) is 5.95. The number of benzene rings is 3. The van der Waals surface area contributed by atoms with Crippen LogP contribution in [0.3, 0.4) is 0 Å². The molecule has 0 aliphatic heterocycles. The Morgan fingerprint density at radius 1 is 0.629 bits per heavy atom. The Hall–Kier alpha value is -1.54. The molecule has 0 bridgehead atoms. The second-order valence-electron chi connectivity index (χ2n) is 9.04. The molecule has 0 amide bonds. The zero-order chi connectivity index (χ0) is 25.6. The molecule has 188 valence electrons. The second-order valence-corrected chi connectivity index (χ2v) is 11.0. The maximum Gasteiger partial charge on any atom is 0.130 e. The first kappa shape index (κ1) is 28.0. The van der Waals surface area contributed by atoms with E-state index in [9.17, 15) is 15.3 Å². The molecule has 3 rings (SSSR count). The highest BCUT2D eigenvalue weighted by Gasteiger charge is 2.40. The second kappa shape index (κ2) is 12.6. The van der Waals surface area contributed by atoms with E-state index in [0.717, 1.165) is 36.0 Å². The third-order valence-corrected chi connectivity index (χ3v) is 8.06. The van der Waals surface area contributed by atoms with Crippen LogP contribution in [0.1, 0.15) is 75.0 Å². The molecule has 0 aromatic heterocycles. The Morgan fingerprint density at radius 3 is 1.66 bits per heavy atom. The summed E-state index contributed by atoms with van der Waals surface area (Å²) < 4.78 is 0. The highest BCUT2D eigenvalue weighted by atomic mass is 32.1. The Labute approximate surface area is 230 Å². The van der Waals surface area contributed by atoms with Crippen molar-refractivity contribution in [3.8, 4) is 17.2 Å². The maximum absolute atomic E-state index is 10.4. The van der Waals surface area contributed by atoms with Crippen molar-refractivity contribution in [2.75, 3.05) is 0 Å². The van der Waals surface area contributed by atoms with Crippen LogP contribution in [0.25, 0.3) is 0 Å². The largest absolute Gasteiger partial charge is 0.508 e. The lowest BCUT2D eigenvalue weighted by Crippen LogP contribution is -2.31. The van der Waals surface area contributed by atoms with Gasteiger partial charge in [0.2, 0.25) is 0 Å². The molecule has 3 nitrogen and oxygen atoms in total. The molecule has 3 aromatic rings. The highest BCUT2D eigenvalue weighted by Crippen LogP contribution is 2.51. The van der Waals surface area contributed by atoms with E-state index in [4.69, 9.17) is 25.3 Å². The van der Waals surface area contributed by atoms with E-state index in [1.54, 1.807) is 24.3 Å². The predicted molar refractivity (Wildman–Crippen MR) is 156 cm³/mol. The van der Waals surface area contributed by atoms with E-state index in [1.165, 1.54) is 25.7 Å². The normalized spacial score (nSPS) is 11.7. The van der Waals surface area contributed by atoms with Crippen molar-refractivity contribution in [2.45, 2.75) is 83.3 Å². The van der Waals surface area contributed by atoms with Gasteiger partial charge in [0.05, 0.1) is 0 Å². The maximum atomic E-state index is 10.4. The average molecular weight is 547 g/mol. The molecule has 0 radical (unpaired) electrons. The molecule has 3 N–H and O–H groups in total. The SMILES string of the molecule is CCCCCCCCCC(c1cccc(O)c1)(c1cc(S)c(O)cc1S)c1cc(S)c(O)cc1S. The third kappa shape index (κ3) is 6.43. The minimum absolute atomic E-state index is 0.0505. The molecule has 0 heterocycles. The van der Waals surface area contributed by atoms with Gasteiger partial charge in [-0.05, 0) is 59.5 Å². The van der Waals surface area contributed by atoms with Crippen LogP contribution in [0.2, 0.25) is 0 Å². The van der Waals surface area contributed by atoms with Gasteiger partial charge in [-0.15, -0.1) is 50.5 Å². The van der Waals surface area contributed by atoms with E-state index >= 15 is 0 Å². The summed E-state index contributed by atoms with van der Waals surface area (Å²) in [5.41, 5.74) is 1.78. The van der Waals surface area contributed by atoms with Crippen LogP contribution >= 0.6 is 50.5 Å². The zero-order valence-corrected chi connectivity index (χ0v) is 23.5. The fraction of sp³-hybridized carbons (Fsp3) is 0.357. The van der Waals surface area contributed by atoms with E-state index in [2.05, 4.69) is 32.2 Å². The number of hydrogen-bond donors (Lipinski definition) is 7. The van der Waals surface area contributed by atoms with Crippen molar-refractivity contribution in [3.63, 3.8) is 0 Å². The van der Waals surface area contributed by atoms with E-state index in [-0.39, 0.29) is 17.2 Å². The molecular formula is C28H34O3S4. The third-order valence-electron chi connectivity index (χ3n) is 6.60. The summed E-state index contributed by atoms with van der Waals surface area (Å²) in [6.07, 6.45) is 8.78. The lowest BCUT2D eigenvalue weighted by atomic mass is 9.66. The van der Waals surface area contributed by atoms with Crippen molar-refractivity contribution in [2.24, 2.45) is 0 Å². The van der Waals surface area contributed by atoms with Gasteiger partial charge in [-0.1, -0.05) is 64.0 Å². The molecule has 0 saturated carbocycles. The minimum atomic E-state index is -0.771. The summed E-state index contributed by atoms with van der Waals surface area (Å²) in [6, 6.07) is 14.1. The summed E-state index contributed by atoms with van der Waals surface area (Å²) in [4.78, 5) is 2.08. The van der Waals surface area contributed by atoms with Gasteiger partial charge in [-0.3, -0.25) is 0 Å². The van der Waals surface area contributed by atoms with Crippen molar-refractivity contribution in [1.82, 2.24) is 0 Å². The Bertz CT molecular complexity index is 1110. The number of hydrogen-bond acceptors (Lipinski definition) is 7. The Balaban J connectivity index is 2.22. The molecule has 0 atom stereocenters. The van der Waals surface area contributed by atoms with Gasteiger partial charge in [0.1, 0.15) is 17.2 Å². The molecule has 35 heavy (non-hydrogen) atoms. The number of phenolic OH excluding ortho intramolecular Hbond substituents is 3. The van der Waals surface area contributed by atoms with Crippen LogP contribution in [0, 0.1) is 0 Å². The predicted octanol–water partition coefficient (Wildman–Crippen LogP) is 8.43. The van der Waals surface area contributed by atoms with E-state index in [0.29, 0.717) is 26.0 Å². The standard InChI is InChI=1S/C28H34O3S4/c1-2-3-4-5-6-7-8-12-28(18-10-9-11-19(29)13-18,20-14-26(34)22(30)16-24(20)32)21-15-27(35)23(31)17-25(21)33/h9-11,13-17,29-35H,2-8,12H2,1H3. The first-order valence-corrected chi connectivity index (χ1v) is 13.8. The first-order valence-electron chi connectivity index (χ1n) is 12.0. The van der Waals surface area contributed by atoms with Gasteiger partial charge in [0, 0.05) is 25.0 Å². The molecule has 0 saturated heterocycles. The summed E-state index contributed by atoms with van der Waals surface area (Å²) in [5, 5.41) is 31.1. The van der Waals surface area contributed by atoms with E-state index < -0.39 is 5.41 Å². The van der Waals surface area contributed by atoms with Crippen LogP contribution in [0.4, 0.5) is 0 Å². The van der Waals surface area contributed by atoms with Crippen LogP contribution < -0.4 is 0 Å². The molecule has 0 aliphatic carbocycles. The molecule has 3 aromatic carbocycles. The van der Waals surface area contributed by atoms with Crippen molar-refractivity contribution < 1.29 is 15.3 Å². The minimum Gasteiger partial charge on any atom is -0.508 e. The first-order chi connectivity index (χ1) is 16.7. The lowest BCUT2D eigenvalue weighted by Gasteiger charge is -2.38. The van der Waals surface area contributed by atoms with Gasteiger partial charge in [-0.2, -0.15) is 0 Å². The molecule has 0 unspecified atom stereocenters. The van der Waals surface area contributed by atoms with Gasteiger partial charge in [-0.25, -0.2) is 0 Å². The lowest BCUT2D eigenvalue weighted by molar-refractivity contribution is 0.446. The number of rotatable bonds is 11. The summed E-state index contributed by atoms with van der Waals surface area (Å²) in [6.45, 7) is 2.22. The Kier molecular flexibility index (Phi) is 10.1. The van der Waals surface area contributed by atoms with Crippen molar-refractivity contribution in [1.29, 1.82) is 0 Å². The molecular weight excluding hydrogens is 513 g/mol. The molecule has 0 fully saturated rings. The van der Waals surface area contributed by atoms with Gasteiger partial charge < -0.3 is 15.3 Å². The average Bonchev–Trinajstić information content (AvgIpc) is 2.81. The number of unbranched alkanes of at least 4 members (excludes halogenated alkanes) is 6. The monoisotopic (exact) mass is 546 g/mol. The van der Waals surface area contributed by atoms with Crippen LogP contribution in [0.5, 0.6) is 17.2 Å². The van der Waals surface area contributed by atoms with Gasteiger partial charge in [0.25, 0.3) is 0 Å². The molecule has 0 aliphatic rings. The number of aromatic hydroxyl groups is 3. The molecule has 0 spiro atoms. The van der Waals surface area contributed by atoms with Crippen LogP contribution in [-0.2, 0) is 5.41 Å². The summed E-state index contributed by atoms with van der Waals surface area (Å²) >= 11 is 18.5. The number of phenols is 3. The molecule has 7 heteroatoms. The Morgan fingerprint density at radius 2 is 1.14 bits per heavy atom. The van der Waals surface area contributed by atoms with Crippen LogP contribution in [0.15, 0.2) is 68.1 Å². The van der Waals surface area contributed by atoms with Crippen molar-refractivity contribution in [3.05, 3.63) is 65.2 Å². The smallest absolute Gasteiger partial charge is 0.130 e. The van der Waals surface area contributed by atoms with Gasteiger partial charge in [0.15, 0.2) is 0 Å². The quantitative estimate of drug-likeness (QED) is 0.0750. The van der Waals surface area contributed by atoms with Crippen LogP contribution in [-0.4, -0.2) is 15.3 Å². The zero-order valence-electron chi connectivity index (χ0n) is 19.9. The van der Waals surface area contributed by atoms with Gasteiger partial charge >= 0.3 is 0 Å². The number of thiol groups is 4. The highest BCUT2D eigenvalue weighted by molar-refractivity contribution is 7.81. The van der Waals surface area contributed by atoms with Crippen molar-refractivity contribution >= 4 is 50.5 Å².